The molecule has 0 radical (unpaired) electrons. The van der Waals surface area contributed by atoms with Gasteiger partial charge in [0.1, 0.15) is 0 Å². The standard InChI is InChI=1S/C13H20BrN3O/c1-18-13-4-2-3-12(15-13)11-17-9-7-16(6-5-14)8-10-17/h2-4H,5-11H2,1H3. The number of hydrogen-bond acceptors (Lipinski definition) is 4. The normalized spacial score (nSPS) is 17.9. The van der Waals surface area contributed by atoms with Crippen LogP contribution in [0, 0.1) is 0 Å². The summed E-state index contributed by atoms with van der Waals surface area (Å²) in [4.78, 5) is 9.40. The lowest BCUT2D eigenvalue weighted by Gasteiger charge is -2.34. The van der Waals surface area contributed by atoms with Crippen molar-refractivity contribution >= 4 is 15.9 Å². The molecule has 0 N–H and O–H groups in total. The van der Waals surface area contributed by atoms with Crippen molar-refractivity contribution in [3.8, 4) is 5.88 Å². The second-order valence-electron chi connectivity index (χ2n) is 4.48. The second-order valence-corrected chi connectivity index (χ2v) is 5.27. The van der Waals surface area contributed by atoms with Gasteiger partial charge in [-0.15, -0.1) is 0 Å². The molecule has 0 aromatic carbocycles. The van der Waals surface area contributed by atoms with Crippen LogP contribution in [0.15, 0.2) is 18.2 Å². The largest absolute Gasteiger partial charge is 0.481 e. The molecule has 1 aromatic rings. The zero-order valence-electron chi connectivity index (χ0n) is 10.8. The van der Waals surface area contributed by atoms with Crippen LogP contribution in [0.2, 0.25) is 0 Å². The van der Waals surface area contributed by atoms with Crippen LogP contribution in [0.25, 0.3) is 0 Å². The highest BCUT2D eigenvalue weighted by atomic mass is 79.9. The van der Waals surface area contributed by atoms with Gasteiger partial charge in [0.15, 0.2) is 0 Å². The Morgan fingerprint density at radius 2 is 1.94 bits per heavy atom. The zero-order valence-corrected chi connectivity index (χ0v) is 12.4. The van der Waals surface area contributed by atoms with Gasteiger partial charge in [0.2, 0.25) is 5.88 Å². The third kappa shape index (κ3) is 3.93. The number of halogens is 1. The van der Waals surface area contributed by atoms with Crippen LogP contribution in [0.1, 0.15) is 5.69 Å². The Balaban J connectivity index is 1.83. The molecule has 0 unspecified atom stereocenters. The highest BCUT2D eigenvalue weighted by Crippen LogP contribution is 2.10. The van der Waals surface area contributed by atoms with E-state index in [1.807, 2.05) is 12.1 Å². The summed E-state index contributed by atoms with van der Waals surface area (Å²) in [6.07, 6.45) is 0. The van der Waals surface area contributed by atoms with Crippen molar-refractivity contribution in [2.45, 2.75) is 6.54 Å². The molecule has 2 rings (SSSR count). The van der Waals surface area contributed by atoms with Crippen molar-refractivity contribution in [1.82, 2.24) is 14.8 Å². The van der Waals surface area contributed by atoms with Gasteiger partial charge in [0, 0.05) is 50.7 Å². The molecule has 1 aliphatic heterocycles. The summed E-state index contributed by atoms with van der Waals surface area (Å²) in [6, 6.07) is 5.95. The number of hydrogen-bond donors (Lipinski definition) is 0. The molecule has 0 atom stereocenters. The molecular formula is C13H20BrN3O. The molecule has 4 nitrogen and oxygen atoms in total. The Bertz CT molecular complexity index is 367. The maximum Gasteiger partial charge on any atom is 0.213 e. The van der Waals surface area contributed by atoms with Gasteiger partial charge in [-0.2, -0.15) is 0 Å². The topological polar surface area (TPSA) is 28.6 Å². The summed E-state index contributed by atoms with van der Waals surface area (Å²) in [5, 5.41) is 1.06. The molecule has 1 aliphatic rings. The van der Waals surface area contributed by atoms with Gasteiger partial charge in [-0.3, -0.25) is 9.80 Å². The molecule has 0 amide bonds. The van der Waals surface area contributed by atoms with Gasteiger partial charge in [0.05, 0.1) is 12.8 Å². The maximum atomic E-state index is 5.15. The average molecular weight is 314 g/mol. The van der Waals surface area contributed by atoms with E-state index < -0.39 is 0 Å². The van der Waals surface area contributed by atoms with E-state index in [0.717, 1.165) is 50.3 Å². The number of nitrogens with zero attached hydrogens (tertiary/aromatic N) is 3. The van der Waals surface area contributed by atoms with E-state index in [4.69, 9.17) is 4.74 Å². The predicted octanol–water partition coefficient (Wildman–Crippen LogP) is 1.60. The first-order chi connectivity index (χ1) is 8.81. The molecule has 0 spiro atoms. The summed E-state index contributed by atoms with van der Waals surface area (Å²) < 4.78 is 5.15. The molecule has 100 valence electrons. The number of rotatable bonds is 5. The number of ether oxygens (including phenoxy) is 1. The fraction of sp³-hybridized carbons (Fsp3) is 0.615. The molecule has 18 heavy (non-hydrogen) atoms. The van der Waals surface area contributed by atoms with E-state index >= 15 is 0 Å². The number of alkyl halides is 1. The Morgan fingerprint density at radius 3 is 2.61 bits per heavy atom. The number of methoxy groups -OCH3 is 1. The van der Waals surface area contributed by atoms with Gasteiger partial charge >= 0.3 is 0 Å². The van der Waals surface area contributed by atoms with E-state index in [1.54, 1.807) is 7.11 Å². The third-order valence-corrected chi connectivity index (χ3v) is 3.60. The smallest absolute Gasteiger partial charge is 0.213 e. The Labute approximate surface area is 117 Å². The van der Waals surface area contributed by atoms with Crippen molar-refractivity contribution in [2.24, 2.45) is 0 Å². The quantitative estimate of drug-likeness (QED) is 0.772. The first-order valence-electron chi connectivity index (χ1n) is 6.32. The molecule has 0 bridgehead atoms. The van der Waals surface area contributed by atoms with Crippen molar-refractivity contribution in [3.05, 3.63) is 23.9 Å². The fourth-order valence-corrected chi connectivity index (χ4v) is 2.68. The minimum absolute atomic E-state index is 0.699. The van der Waals surface area contributed by atoms with Crippen LogP contribution in [0.3, 0.4) is 0 Å². The molecule has 5 heteroatoms. The Hall–Kier alpha value is -0.650. The van der Waals surface area contributed by atoms with E-state index in [-0.39, 0.29) is 0 Å². The SMILES string of the molecule is COc1cccc(CN2CCN(CCBr)CC2)n1. The van der Waals surface area contributed by atoms with Gasteiger partial charge in [0.25, 0.3) is 0 Å². The van der Waals surface area contributed by atoms with Crippen LogP contribution in [0.5, 0.6) is 5.88 Å². The Morgan fingerprint density at radius 1 is 1.22 bits per heavy atom. The van der Waals surface area contributed by atoms with Gasteiger partial charge in [-0.1, -0.05) is 22.0 Å². The second kappa shape index (κ2) is 7.07. The number of piperazine rings is 1. The lowest BCUT2D eigenvalue weighted by Crippen LogP contribution is -2.46. The van der Waals surface area contributed by atoms with Crippen LogP contribution < -0.4 is 4.74 Å². The monoisotopic (exact) mass is 313 g/mol. The molecule has 1 saturated heterocycles. The summed E-state index contributed by atoms with van der Waals surface area (Å²) in [6.45, 7) is 6.59. The van der Waals surface area contributed by atoms with Crippen molar-refractivity contribution in [2.75, 3.05) is 45.2 Å². The van der Waals surface area contributed by atoms with E-state index in [2.05, 4.69) is 36.8 Å². The highest BCUT2D eigenvalue weighted by molar-refractivity contribution is 9.09. The van der Waals surface area contributed by atoms with Crippen LogP contribution in [-0.4, -0.2) is 59.9 Å². The summed E-state index contributed by atoms with van der Waals surface area (Å²) in [5.41, 5.74) is 1.09. The number of aromatic nitrogens is 1. The molecule has 0 aliphatic carbocycles. The third-order valence-electron chi connectivity index (χ3n) is 3.24. The minimum atomic E-state index is 0.699. The van der Waals surface area contributed by atoms with Gasteiger partial charge < -0.3 is 4.74 Å². The predicted molar refractivity (Wildman–Crippen MR) is 76.3 cm³/mol. The maximum absolute atomic E-state index is 5.15. The van der Waals surface area contributed by atoms with Gasteiger partial charge in [-0.25, -0.2) is 4.98 Å². The highest BCUT2D eigenvalue weighted by Gasteiger charge is 2.16. The lowest BCUT2D eigenvalue weighted by molar-refractivity contribution is 0.131. The van der Waals surface area contributed by atoms with Crippen molar-refractivity contribution < 1.29 is 4.74 Å². The van der Waals surface area contributed by atoms with Crippen LogP contribution in [-0.2, 0) is 6.54 Å². The van der Waals surface area contributed by atoms with Crippen LogP contribution in [0.4, 0.5) is 0 Å². The zero-order chi connectivity index (χ0) is 12.8. The minimum Gasteiger partial charge on any atom is -0.481 e. The lowest BCUT2D eigenvalue weighted by atomic mass is 10.2. The van der Waals surface area contributed by atoms with Gasteiger partial charge in [-0.05, 0) is 6.07 Å². The summed E-state index contributed by atoms with van der Waals surface area (Å²) in [5.74, 6) is 0.699. The molecule has 2 heterocycles. The Kier molecular flexibility index (Phi) is 5.41. The summed E-state index contributed by atoms with van der Waals surface area (Å²) in [7, 11) is 1.66. The molecule has 1 aromatic heterocycles. The summed E-state index contributed by atoms with van der Waals surface area (Å²) >= 11 is 3.49. The number of pyridine rings is 1. The fourth-order valence-electron chi connectivity index (χ4n) is 2.18. The molecule has 1 fully saturated rings. The average Bonchev–Trinajstić information content (AvgIpc) is 2.42. The van der Waals surface area contributed by atoms with E-state index in [1.165, 1.54) is 0 Å². The van der Waals surface area contributed by atoms with E-state index in [0.29, 0.717) is 5.88 Å². The first kappa shape index (κ1) is 13.8. The molecular weight excluding hydrogens is 294 g/mol. The molecule has 0 saturated carbocycles. The first-order valence-corrected chi connectivity index (χ1v) is 7.44. The van der Waals surface area contributed by atoms with Crippen molar-refractivity contribution in [3.63, 3.8) is 0 Å². The van der Waals surface area contributed by atoms with Crippen molar-refractivity contribution in [1.29, 1.82) is 0 Å². The van der Waals surface area contributed by atoms with E-state index in [9.17, 15) is 0 Å². The van der Waals surface area contributed by atoms with Crippen LogP contribution >= 0.6 is 15.9 Å².